The number of carbonyl (C=O) groups is 1. The van der Waals surface area contributed by atoms with Gasteiger partial charge in [0.2, 0.25) is 0 Å². The number of carbonyl (C=O) groups excluding carboxylic acids is 1. The summed E-state index contributed by atoms with van der Waals surface area (Å²) in [6.45, 7) is 3.97. The minimum absolute atomic E-state index is 0.138. The second-order valence-electron chi connectivity index (χ2n) is 4.01. The van der Waals surface area contributed by atoms with Gasteiger partial charge in [0.25, 0.3) is 0 Å². The van der Waals surface area contributed by atoms with E-state index in [1.807, 2.05) is 26.0 Å². The van der Waals surface area contributed by atoms with Crippen molar-refractivity contribution >= 4 is 16.6 Å². The van der Waals surface area contributed by atoms with E-state index in [1.54, 1.807) is 0 Å². The average Bonchev–Trinajstić information content (AvgIpc) is 2.31. The Bertz CT molecular complexity index is 408. The molecule has 1 aliphatic rings. The number of hydrogen-bond acceptors (Lipinski definition) is 2. The summed E-state index contributed by atoms with van der Waals surface area (Å²) in [5.74, 6) is 0.750. The molecule has 0 amide bonds. The lowest BCUT2D eigenvalue weighted by Crippen LogP contribution is -2.02. The fourth-order valence-corrected chi connectivity index (χ4v) is 3.16. The molecule has 1 heterocycles. The Kier molecular flexibility index (Phi) is 2.74. The molecule has 1 atom stereocenters. The highest BCUT2D eigenvalue weighted by Crippen LogP contribution is 2.24. The molecule has 1 unspecified atom stereocenters. The van der Waals surface area contributed by atoms with Crippen LogP contribution >= 0.6 is 0 Å². The Morgan fingerprint density at radius 1 is 1.20 bits per heavy atom. The topological polar surface area (TPSA) is 34.1 Å². The summed E-state index contributed by atoms with van der Waals surface area (Å²) >= 11 is 0. The summed E-state index contributed by atoms with van der Waals surface area (Å²) in [6, 6.07) is 3.79. The van der Waals surface area contributed by atoms with Crippen LogP contribution in [0.15, 0.2) is 17.0 Å². The number of ketones is 1. The van der Waals surface area contributed by atoms with Crippen LogP contribution in [0.1, 0.15) is 34.3 Å². The zero-order valence-electron chi connectivity index (χ0n) is 9.00. The molecule has 0 bridgehead atoms. The minimum atomic E-state index is -0.993. The maximum atomic E-state index is 11.9. The highest BCUT2D eigenvalue weighted by molar-refractivity contribution is 7.85. The first-order valence-electron chi connectivity index (χ1n) is 5.12. The summed E-state index contributed by atoms with van der Waals surface area (Å²) in [6.07, 6.45) is 1.26. The molecular formula is C12H14O2S. The lowest BCUT2D eigenvalue weighted by atomic mass is 10.0. The maximum absolute atomic E-state index is 11.9. The van der Waals surface area contributed by atoms with Crippen molar-refractivity contribution < 1.29 is 9.00 Å². The highest BCUT2D eigenvalue weighted by atomic mass is 32.2. The van der Waals surface area contributed by atoms with Gasteiger partial charge in [-0.05, 0) is 43.5 Å². The zero-order chi connectivity index (χ0) is 11.0. The fraction of sp³-hybridized carbons (Fsp3) is 0.417. The molecular weight excluding hydrogens is 208 g/mol. The Hall–Kier alpha value is -0.960. The van der Waals surface area contributed by atoms with Crippen molar-refractivity contribution in [2.45, 2.75) is 31.6 Å². The van der Waals surface area contributed by atoms with E-state index >= 15 is 0 Å². The van der Waals surface area contributed by atoms with Gasteiger partial charge in [0.05, 0.1) is 10.8 Å². The summed E-state index contributed by atoms with van der Waals surface area (Å²) in [5.41, 5.74) is 2.88. The Balaban J connectivity index is 2.65. The SMILES string of the molecule is Cc1cc2c(cc1C)S(=O)CCCC2=O. The van der Waals surface area contributed by atoms with E-state index in [0.29, 0.717) is 17.7 Å². The molecule has 2 rings (SSSR count). The van der Waals surface area contributed by atoms with E-state index in [-0.39, 0.29) is 5.78 Å². The first kappa shape index (κ1) is 10.6. The van der Waals surface area contributed by atoms with Gasteiger partial charge in [0.1, 0.15) is 0 Å². The van der Waals surface area contributed by atoms with Gasteiger partial charge in [-0.1, -0.05) is 0 Å². The number of benzene rings is 1. The van der Waals surface area contributed by atoms with Crippen molar-refractivity contribution in [3.05, 3.63) is 28.8 Å². The highest BCUT2D eigenvalue weighted by Gasteiger charge is 2.20. The van der Waals surface area contributed by atoms with Crippen LogP contribution < -0.4 is 0 Å². The average molecular weight is 222 g/mol. The molecule has 0 radical (unpaired) electrons. The smallest absolute Gasteiger partial charge is 0.164 e. The Morgan fingerprint density at radius 2 is 1.87 bits per heavy atom. The van der Waals surface area contributed by atoms with Crippen LogP contribution in [0.25, 0.3) is 0 Å². The van der Waals surface area contributed by atoms with Gasteiger partial charge in [-0.25, -0.2) is 0 Å². The summed E-state index contributed by atoms with van der Waals surface area (Å²) < 4.78 is 11.9. The third-order valence-electron chi connectivity index (χ3n) is 2.88. The molecule has 0 N–H and O–H groups in total. The first-order chi connectivity index (χ1) is 7.09. The van der Waals surface area contributed by atoms with Crippen molar-refractivity contribution in [1.29, 1.82) is 0 Å². The van der Waals surface area contributed by atoms with Crippen molar-refractivity contribution in [3.8, 4) is 0 Å². The van der Waals surface area contributed by atoms with Gasteiger partial charge in [-0.15, -0.1) is 0 Å². The van der Waals surface area contributed by atoms with Crippen LogP contribution in [0.5, 0.6) is 0 Å². The van der Waals surface area contributed by atoms with Gasteiger partial charge in [-0.2, -0.15) is 0 Å². The maximum Gasteiger partial charge on any atom is 0.164 e. The number of aryl methyl sites for hydroxylation is 2. The molecule has 80 valence electrons. The molecule has 0 spiro atoms. The van der Waals surface area contributed by atoms with Gasteiger partial charge < -0.3 is 0 Å². The lowest BCUT2D eigenvalue weighted by molar-refractivity contribution is 0.0980. The quantitative estimate of drug-likeness (QED) is 0.675. The molecule has 1 aromatic carbocycles. The van der Waals surface area contributed by atoms with Crippen molar-refractivity contribution in [2.24, 2.45) is 0 Å². The summed E-state index contributed by atoms with van der Waals surface area (Å²) in [5, 5.41) is 0. The molecule has 0 saturated heterocycles. The van der Waals surface area contributed by atoms with Crippen LogP contribution in [-0.2, 0) is 10.8 Å². The van der Waals surface area contributed by atoms with Crippen LogP contribution in [0.2, 0.25) is 0 Å². The number of hydrogen-bond donors (Lipinski definition) is 0. The zero-order valence-corrected chi connectivity index (χ0v) is 9.82. The van der Waals surface area contributed by atoms with E-state index in [4.69, 9.17) is 0 Å². The number of rotatable bonds is 0. The predicted molar refractivity (Wildman–Crippen MR) is 60.8 cm³/mol. The van der Waals surface area contributed by atoms with E-state index < -0.39 is 10.8 Å². The molecule has 0 fully saturated rings. The van der Waals surface area contributed by atoms with Gasteiger partial charge in [0.15, 0.2) is 5.78 Å². The molecule has 0 aliphatic carbocycles. The van der Waals surface area contributed by atoms with Crippen molar-refractivity contribution in [2.75, 3.05) is 5.75 Å². The monoisotopic (exact) mass is 222 g/mol. The van der Waals surface area contributed by atoms with Gasteiger partial charge in [-0.3, -0.25) is 9.00 Å². The van der Waals surface area contributed by atoms with E-state index in [9.17, 15) is 9.00 Å². The standard InChI is InChI=1S/C12H14O2S/c1-8-6-10-11(13)4-3-5-15(14)12(10)7-9(8)2/h6-7H,3-5H2,1-2H3. The fourth-order valence-electron chi connectivity index (χ4n) is 1.80. The number of Topliss-reactive ketones (excluding diaryl/α,β-unsaturated/α-hetero) is 1. The molecule has 1 aliphatic heterocycles. The second kappa shape index (κ2) is 3.89. The van der Waals surface area contributed by atoms with E-state index in [0.717, 1.165) is 22.4 Å². The third kappa shape index (κ3) is 1.88. The molecule has 15 heavy (non-hydrogen) atoms. The van der Waals surface area contributed by atoms with Gasteiger partial charge >= 0.3 is 0 Å². The largest absolute Gasteiger partial charge is 0.294 e. The van der Waals surface area contributed by atoms with Crippen LogP contribution in [0.3, 0.4) is 0 Å². The van der Waals surface area contributed by atoms with Crippen LogP contribution in [0, 0.1) is 13.8 Å². The molecule has 2 nitrogen and oxygen atoms in total. The normalized spacial score (nSPS) is 20.9. The molecule has 0 aromatic heterocycles. The summed E-state index contributed by atoms with van der Waals surface area (Å²) in [7, 11) is -0.993. The minimum Gasteiger partial charge on any atom is -0.294 e. The van der Waals surface area contributed by atoms with Crippen molar-refractivity contribution in [1.82, 2.24) is 0 Å². The number of fused-ring (bicyclic) bond motifs is 1. The molecule has 1 aromatic rings. The first-order valence-corrected chi connectivity index (χ1v) is 6.44. The van der Waals surface area contributed by atoms with Crippen molar-refractivity contribution in [3.63, 3.8) is 0 Å². The lowest BCUT2D eigenvalue weighted by Gasteiger charge is -2.08. The third-order valence-corrected chi connectivity index (χ3v) is 4.36. The van der Waals surface area contributed by atoms with Crippen LogP contribution in [0.4, 0.5) is 0 Å². The molecule has 0 saturated carbocycles. The molecule has 3 heteroatoms. The summed E-state index contributed by atoms with van der Waals surface area (Å²) in [4.78, 5) is 12.5. The van der Waals surface area contributed by atoms with E-state index in [1.165, 1.54) is 0 Å². The van der Waals surface area contributed by atoms with E-state index in [2.05, 4.69) is 0 Å². The Morgan fingerprint density at radius 3 is 2.60 bits per heavy atom. The van der Waals surface area contributed by atoms with Gasteiger partial charge in [0, 0.05) is 22.6 Å². The predicted octanol–water partition coefficient (Wildman–Crippen LogP) is 2.39. The Labute approximate surface area is 92.2 Å². The van der Waals surface area contributed by atoms with Crippen LogP contribution in [-0.4, -0.2) is 15.7 Å². The second-order valence-corrected chi connectivity index (χ2v) is 5.55.